The second-order valence-electron chi connectivity index (χ2n) is 6.94. The molecule has 0 saturated carbocycles. The Hall–Kier alpha value is -0.810. The highest BCUT2D eigenvalue weighted by atomic mass is 16.3. The van der Waals surface area contributed by atoms with Crippen molar-refractivity contribution in [1.29, 1.82) is 0 Å². The van der Waals surface area contributed by atoms with Crippen molar-refractivity contribution in [3.63, 3.8) is 0 Å². The molecule has 1 fully saturated rings. The van der Waals surface area contributed by atoms with Gasteiger partial charge in [-0.1, -0.05) is 20.8 Å². The van der Waals surface area contributed by atoms with Gasteiger partial charge in [-0.3, -0.25) is 0 Å². The Morgan fingerprint density at radius 2 is 2.00 bits per heavy atom. The molecule has 5 nitrogen and oxygen atoms in total. The zero-order valence-electron chi connectivity index (χ0n) is 14.0. The summed E-state index contributed by atoms with van der Waals surface area (Å²) in [5.41, 5.74) is -0.0513. The first-order valence-electron chi connectivity index (χ1n) is 8.34. The molecule has 0 aromatic carbocycles. The highest BCUT2D eigenvalue weighted by molar-refractivity contribution is 5.74. The van der Waals surface area contributed by atoms with E-state index < -0.39 is 0 Å². The molecular formula is C16H33N3O2. The quantitative estimate of drug-likeness (QED) is 0.600. The van der Waals surface area contributed by atoms with Gasteiger partial charge in [0, 0.05) is 32.3 Å². The van der Waals surface area contributed by atoms with Crippen molar-refractivity contribution in [1.82, 2.24) is 15.5 Å². The van der Waals surface area contributed by atoms with Crippen LogP contribution in [0.3, 0.4) is 0 Å². The Balaban J connectivity index is 2.09. The van der Waals surface area contributed by atoms with Gasteiger partial charge in [0.1, 0.15) is 0 Å². The van der Waals surface area contributed by atoms with Crippen LogP contribution in [-0.2, 0) is 0 Å². The van der Waals surface area contributed by atoms with Crippen molar-refractivity contribution in [2.45, 2.75) is 58.9 Å². The molecule has 0 spiro atoms. The summed E-state index contributed by atoms with van der Waals surface area (Å²) in [6.07, 6.45) is 5.10. The van der Waals surface area contributed by atoms with E-state index in [9.17, 15) is 9.90 Å². The van der Waals surface area contributed by atoms with E-state index in [4.69, 9.17) is 0 Å². The molecule has 3 N–H and O–H groups in total. The van der Waals surface area contributed by atoms with Gasteiger partial charge in [0.05, 0.1) is 0 Å². The van der Waals surface area contributed by atoms with Crippen LogP contribution in [-0.4, -0.2) is 54.9 Å². The monoisotopic (exact) mass is 299 g/mol. The summed E-state index contributed by atoms with van der Waals surface area (Å²) >= 11 is 0. The lowest BCUT2D eigenvalue weighted by Gasteiger charge is -2.32. The number of rotatable bonds is 8. The minimum atomic E-state index is -0.0513. The first kappa shape index (κ1) is 18.2. The molecule has 1 heterocycles. The third-order valence-corrected chi connectivity index (χ3v) is 4.21. The van der Waals surface area contributed by atoms with Gasteiger partial charge in [0.2, 0.25) is 0 Å². The largest absolute Gasteiger partial charge is 0.396 e. The number of likely N-dealkylation sites (tertiary alicyclic amines) is 1. The predicted octanol–water partition coefficient (Wildman–Crippen LogP) is 1.96. The van der Waals surface area contributed by atoms with Crippen LogP contribution < -0.4 is 10.6 Å². The number of piperidine rings is 1. The minimum Gasteiger partial charge on any atom is -0.396 e. The minimum absolute atomic E-state index is 0.0502. The normalized spacial score (nSPS) is 17.7. The van der Waals surface area contributed by atoms with Crippen LogP contribution in [0.1, 0.15) is 52.9 Å². The highest BCUT2D eigenvalue weighted by Crippen LogP contribution is 2.20. The molecule has 1 aliphatic heterocycles. The van der Waals surface area contributed by atoms with E-state index in [-0.39, 0.29) is 18.1 Å². The molecule has 0 aromatic rings. The van der Waals surface area contributed by atoms with Gasteiger partial charge in [0.15, 0.2) is 0 Å². The zero-order chi connectivity index (χ0) is 15.7. The molecule has 124 valence electrons. The van der Waals surface area contributed by atoms with E-state index in [1.165, 1.54) is 13.0 Å². The Morgan fingerprint density at radius 3 is 2.57 bits per heavy atom. The van der Waals surface area contributed by atoms with E-state index in [0.29, 0.717) is 12.6 Å². The van der Waals surface area contributed by atoms with Crippen LogP contribution in [0.4, 0.5) is 4.79 Å². The third-order valence-electron chi connectivity index (χ3n) is 4.21. The maximum absolute atomic E-state index is 11.8. The molecule has 0 atom stereocenters. The van der Waals surface area contributed by atoms with Gasteiger partial charge < -0.3 is 20.6 Å². The lowest BCUT2D eigenvalue weighted by atomic mass is 9.89. The van der Waals surface area contributed by atoms with Crippen LogP contribution in [0, 0.1) is 5.41 Å². The van der Waals surface area contributed by atoms with Crippen molar-refractivity contribution in [2.24, 2.45) is 5.41 Å². The maximum Gasteiger partial charge on any atom is 0.315 e. The lowest BCUT2D eigenvalue weighted by Crippen LogP contribution is -2.48. The molecule has 2 amide bonds. The summed E-state index contributed by atoms with van der Waals surface area (Å²) in [5, 5.41) is 15.2. The number of nitrogens with zero attached hydrogens (tertiary/aromatic N) is 1. The van der Waals surface area contributed by atoms with E-state index >= 15 is 0 Å². The average Bonchev–Trinajstić information content (AvgIpc) is 2.46. The van der Waals surface area contributed by atoms with E-state index in [1.54, 1.807) is 0 Å². The van der Waals surface area contributed by atoms with Crippen LogP contribution in [0.15, 0.2) is 0 Å². The van der Waals surface area contributed by atoms with Crippen molar-refractivity contribution < 1.29 is 9.90 Å². The van der Waals surface area contributed by atoms with Crippen LogP contribution in [0.5, 0.6) is 0 Å². The topological polar surface area (TPSA) is 64.6 Å². The van der Waals surface area contributed by atoms with Gasteiger partial charge in [-0.15, -0.1) is 0 Å². The Kier molecular flexibility index (Phi) is 8.04. The van der Waals surface area contributed by atoms with Gasteiger partial charge in [-0.25, -0.2) is 4.79 Å². The third kappa shape index (κ3) is 7.67. The number of aliphatic hydroxyl groups is 1. The fourth-order valence-corrected chi connectivity index (χ4v) is 2.70. The number of carbonyl (C=O) groups excluding carboxylic acids is 1. The average molecular weight is 299 g/mol. The standard InChI is InChI=1S/C16H33N3O2/c1-4-10-19-11-6-14(7-12-19)18-15(21)17-9-5-8-16(2,3)13-20/h14,20H,4-13H2,1-3H3,(H2,17,18,21). The number of aliphatic hydroxyl groups excluding tert-OH is 1. The Bertz CT molecular complexity index is 300. The Labute approximate surface area is 129 Å². The van der Waals surface area contributed by atoms with Crippen molar-refractivity contribution in [2.75, 3.05) is 32.8 Å². The van der Waals surface area contributed by atoms with Gasteiger partial charge >= 0.3 is 6.03 Å². The van der Waals surface area contributed by atoms with E-state index in [0.717, 1.165) is 38.8 Å². The molecule has 0 unspecified atom stereocenters. The molecule has 0 bridgehead atoms. The van der Waals surface area contributed by atoms with E-state index in [1.807, 2.05) is 13.8 Å². The van der Waals surface area contributed by atoms with E-state index in [2.05, 4.69) is 22.5 Å². The molecule has 5 heteroatoms. The lowest BCUT2D eigenvalue weighted by molar-refractivity contribution is 0.148. The van der Waals surface area contributed by atoms with Crippen molar-refractivity contribution in [3.05, 3.63) is 0 Å². The summed E-state index contributed by atoms with van der Waals surface area (Å²) in [5.74, 6) is 0. The van der Waals surface area contributed by atoms with Crippen LogP contribution >= 0.6 is 0 Å². The Morgan fingerprint density at radius 1 is 1.33 bits per heavy atom. The second-order valence-corrected chi connectivity index (χ2v) is 6.94. The number of nitrogens with one attached hydrogen (secondary N) is 2. The highest BCUT2D eigenvalue weighted by Gasteiger charge is 2.20. The summed E-state index contributed by atoms with van der Waals surface area (Å²) in [7, 11) is 0. The zero-order valence-corrected chi connectivity index (χ0v) is 14.0. The number of hydrogen-bond donors (Lipinski definition) is 3. The SMILES string of the molecule is CCCN1CCC(NC(=O)NCCCC(C)(C)CO)CC1. The van der Waals surface area contributed by atoms with Crippen LogP contribution in [0.25, 0.3) is 0 Å². The van der Waals surface area contributed by atoms with Crippen LogP contribution in [0.2, 0.25) is 0 Å². The summed E-state index contributed by atoms with van der Waals surface area (Å²) in [6, 6.07) is 0.262. The molecule has 21 heavy (non-hydrogen) atoms. The molecule has 0 aliphatic carbocycles. The van der Waals surface area contributed by atoms with Crippen molar-refractivity contribution >= 4 is 6.03 Å². The molecular weight excluding hydrogens is 266 g/mol. The van der Waals surface area contributed by atoms with Gasteiger partial charge in [-0.05, 0) is 44.1 Å². The first-order chi connectivity index (χ1) is 9.96. The maximum atomic E-state index is 11.8. The fourth-order valence-electron chi connectivity index (χ4n) is 2.70. The second kappa shape index (κ2) is 9.26. The summed E-state index contributed by atoms with van der Waals surface area (Å²) in [6.45, 7) is 10.5. The fraction of sp³-hybridized carbons (Fsp3) is 0.938. The number of urea groups is 1. The smallest absolute Gasteiger partial charge is 0.315 e. The number of hydrogen-bond acceptors (Lipinski definition) is 3. The molecule has 1 aliphatic rings. The summed E-state index contributed by atoms with van der Waals surface area (Å²) in [4.78, 5) is 14.3. The summed E-state index contributed by atoms with van der Waals surface area (Å²) < 4.78 is 0. The predicted molar refractivity (Wildman–Crippen MR) is 86.4 cm³/mol. The molecule has 0 aromatic heterocycles. The number of amides is 2. The number of carbonyl (C=O) groups is 1. The van der Waals surface area contributed by atoms with Crippen molar-refractivity contribution in [3.8, 4) is 0 Å². The molecule has 0 radical (unpaired) electrons. The van der Waals surface area contributed by atoms with Gasteiger partial charge in [0.25, 0.3) is 0 Å². The molecule has 1 rings (SSSR count). The van der Waals surface area contributed by atoms with Gasteiger partial charge in [-0.2, -0.15) is 0 Å². The first-order valence-corrected chi connectivity index (χ1v) is 8.34. The molecule has 1 saturated heterocycles.